The van der Waals surface area contributed by atoms with Gasteiger partial charge in [0.05, 0.1) is 18.0 Å². The molecular weight excluding hydrogens is 237 g/mol. The number of nitrogen functional groups attached to an aromatic ring is 1. The molecule has 0 radical (unpaired) electrons. The first-order valence-corrected chi connectivity index (χ1v) is 5.26. The largest absolute Gasteiger partial charge is 0.383 e. The van der Waals surface area contributed by atoms with E-state index in [0.717, 1.165) is 23.5 Å². The smallest absolute Gasteiger partial charge is 0.255 e. The predicted octanol–water partition coefficient (Wildman–Crippen LogP) is 0.764. The Labute approximate surface area is 102 Å². The molecule has 2 heterocycles. The molecule has 0 unspecified atom stereocenters. The molecule has 0 aliphatic heterocycles. The number of hydrogen-bond acceptors (Lipinski definition) is 4. The van der Waals surface area contributed by atoms with Crippen LogP contribution in [0.5, 0.6) is 0 Å². The van der Waals surface area contributed by atoms with E-state index in [2.05, 4.69) is 20.5 Å². The highest BCUT2D eigenvalue weighted by atomic mass is 19.1. The fourth-order valence-electron chi connectivity index (χ4n) is 1.46. The summed E-state index contributed by atoms with van der Waals surface area (Å²) in [7, 11) is 0. The van der Waals surface area contributed by atoms with Crippen LogP contribution in [-0.4, -0.2) is 21.1 Å². The van der Waals surface area contributed by atoms with Crippen LogP contribution in [0.4, 0.5) is 10.2 Å². The first kappa shape index (κ1) is 12.0. The lowest BCUT2D eigenvalue weighted by molar-refractivity contribution is 0.0951. The average Bonchev–Trinajstić information content (AvgIpc) is 2.75. The number of aromatic amines is 1. The Morgan fingerprint density at radius 3 is 3.00 bits per heavy atom. The molecule has 0 spiro atoms. The van der Waals surface area contributed by atoms with Gasteiger partial charge in [0.1, 0.15) is 11.6 Å². The summed E-state index contributed by atoms with van der Waals surface area (Å²) in [5, 5.41) is 9.21. The van der Waals surface area contributed by atoms with E-state index in [1.165, 1.54) is 0 Å². The zero-order chi connectivity index (χ0) is 13.1. The molecule has 2 aromatic heterocycles. The predicted molar refractivity (Wildman–Crippen MR) is 63.1 cm³/mol. The van der Waals surface area contributed by atoms with E-state index in [9.17, 15) is 9.18 Å². The molecular formula is C11H12FN5O. The molecule has 2 rings (SSSR count). The number of carbonyl (C=O) groups is 1. The van der Waals surface area contributed by atoms with Crippen LogP contribution in [0.25, 0.3) is 0 Å². The van der Waals surface area contributed by atoms with Crippen LogP contribution >= 0.6 is 0 Å². The van der Waals surface area contributed by atoms with Gasteiger partial charge in [0, 0.05) is 17.8 Å². The number of aromatic nitrogens is 3. The number of nitrogens with zero attached hydrogens (tertiary/aromatic N) is 2. The molecule has 94 valence electrons. The highest BCUT2D eigenvalue weighted by molar-refractivity contribution is 5.98. The Morgan fingerprint density at radius 2 is 2.33 bits per heavy atom. The van der Waals surface area contributed by atoms with Crippen molar-refractivity contribution in [1.82, 2.24) is 20.5 Å². The summed E-state index contributed by atoms with van der Waals surface area (Å²) in [6.07, 6.45) is 2.58. The number of nitrogens with one attached hydrogen (secondary N) is 2. The molecule has 0 aliphatic carbocycles. The Hall–Kier alpha value is -2.44. The Morgan fingerprint density at radius 1 is 1.56 bits per heavy atom. The van der Waals surface area contributed by atoms with Gasteiger partial charge in [-0.15, -0.1) is 0 Å². The van der Waals surface area contributed by atoms with Crippen LogP contribution < -0.4 is 11.1 Å². The van der Waals surface area contributed by atoms with Crippen LogP contribution in [0.3, 0.4) is 0 Å². The zero-order valence-corrected chi connectivity index (χ0v) is 9.70. The molecule has 18 heavy (non-hydrogen) atoms. The summed E-state index contributed by atoms with van der Waals surface area (Å²) < 4.78 is 13.0. The van der Waals surface area contributed by atoms with E-state index in [4.69, 9.17) is 5.73 Å². The lowest BCUT2D eigenvalue weighted by Gasteiger charge is -2.06. The number of anilines is 1. The average molecular weight is 249 g/mol. The van der Waals surface area contributed by atoms with Gasteiger partial charge in [-0.25, -0.2) is 9.37 Å². The van der Waals surface area contributed by atoms with Crippen molar-refractivity contribution in [3.8, 4) is 0 Å². The van der Waals surface area contributed by atoms with Crippen molar-refractivity contribution in [2.45, 2.75) is 13.5 Å². The summed E-state index contributed by atoms with van der Waals surface area (Å²) in [4.78, 5) is 15.4. The van der Waals surface area contributed by atoms with E-state index in [0.29, 0.717) is 0 Å². The molecule has 4 N–H and O–H groups in total. The molecule has 0 saturated carbocycles. The van der Waals surface area contributed by atoms with Crippen LogP contribution in [0, 0.1) is 12.7 Å². The van der Waals surface area contributed by atoms with Crippen LogP contribution in [0.2, 0.25) is 0 Å². The van der Waals surface area contributed by atoms with Gasteiger partial charge in [-0.05, 0) is 13.0 Å². The molecule has 1 amide bonds. The summed E-state index contributed by atoms with van der Waals surface area (Å²) in [5.41, 5.74) is 7.25. The number of hydrogen-bond donors (Lipinski definition) is 3. The van der Waals surface area contributed by atoms with Crippen molar-refractivity contribution in [3.05, 3.63) is 41.1 Å². The molecule has 0 saturated heterocycles. The van der Waals surface area contributed by atoms with Crippen LogP contribution in [0.1, 0.15) is 21.6 Å². The Kier molecular flexibility index (Phi) is 3.22. The second-order valence-corrected chi connectivity index (χ2v) is 3.79. The highest BCUT2D eigenvalue weighted by Gasteiger charge is 2.12. The second kappa shape index (κ2) is 4.82. The molecule has 0 atom stereocenters. The van der Waals surface area contributed by atoms with Gasteiger partial charge in [0.25, 0.3) is 5.91 Å². The van der Waals surface area contributed by atoms with Crippen molar-refractivity contribution in [3.63, 3.8) is 0 Å². The summed E-state index contributed by atoms with van der Waals surface area (Å²) in [6, 6.07) is 1.06. The number of halogens is 1. The number of nitrogens with two attached hydrogens (primary N) is 1. The molecule has 0 bridgehead atoms. The minimum absolute atomic E-state index is 0.00202. The molecule has 7 heteroatoms. The fourth-order valence-corrected chi connectivity index (χ4v) is 1.46. The van der Waals surface area contributed by atoms with Crippen molar-refractivity contribution in [2.75, 3.05) is 5.73 Å². The fraction of sp³-hybridized carbons (Fsp3) is 0.182. The standard InChI is InChI=1S/C11H12FN5O/c1-6-7(4-16-17-6)3-15-11(18)9-2-8(12)5-14-10(9)13/h2,4-5H,3H2,1H3,(H2,13,14)(H,15,18)(H,16,17). The van der Waals surface area contributed by atoms with Gasteiger partial charge >= 0.3 is 0 Å². The maximum atomic E-state index is 13.0. The summed E-state index contributed by atoms with van der Waals surface area (Å²) in [5.74, 6) is -1.08. The second-order valence-electron chi connectivity index (χ2n) is 3.79. The van der Waals surface area contributed by atoms with E-state index in [1.54, 1.807) is 6.20 Å². The van der Waals surface area contributed by atoms with Gasteiger partial charge < -0.3 is 11.1 Å². The number of carbonyl (C=O) groups excluding carboxylic acids is 1. The topological polar surface area (TPSA) is 96.7 Å². The zero-order valence-electron chi connectivity index (χ0n) is 9.70. The lowest BCUT2D eigenvalue weighted by atomic mass is 10.2. The Balaban J connectivity index is 2.08. The third-order valence-electron chi connectivity index (χ3n) is 2.50. The first-order valence-electron chi connectivity index (χ1n) is 5.26. The van der Waals surface area contributed by atoms with Crippen molar-refractivity contribution in [2.24, 2.45) is 0 Å². The van der Waals surface area contributed by atoms with Gasteiger partial charge in [-0.1, -0.05) is 0 Å². The van der Waals surface area contributed by atoms with E-state index < -0.39 is 11.7 Å². The first-order chi connectivity index (χ1) is 8.58. The maximum absolute atomic E-state index is 13.0. The van der Waals surface area contributed by atoms with Gasteiger partial charge in [-0.2, -0.15) is 5.10 Å². The third kappa shape index (κ3) is 2.45. The van der Waals surface area contributed by atoms with Crippen LogP contribution in [-0.2, 0) is 6.54 Å². The van der Waals surface area contributed by atoms with Gasteiger partial charge in [0.2, 0.25) is 0 Å². The van der Waals surface area contributed by atoms with E-state index in [1.807, 2.05) is 6.92 Å². The minimum atomic E-state index is -0.603. The number of aryl methyl sites for hydroxylation is 1. The number of H-pyrrole nitrogens is 1. The van der Waals surface area contributed by atoms with E-state index in [-0.39, 0.29) is 17.9 Å². The lowest BCUT2D eigenvalue weighted by Crippen LogP contribution is -2.24. The van der Waals surface area contributed by atoms with Crippen molar-refractivity contribution >= 4 is 11.7 Å². The normalized spacial score (nSPS) is 10.3. The number of pyridine rings is 1. The van der Waals surface area contributed by atoms with Gasteiger partial charge in [-0.3, -0.25) is 9.89 Å². The van der Waals surface area contributed by atoms with Crippen molar-refractivity contribution in [1.29, 1.82) is 0 Å². The SMILES string of the molecule is Cc1[nH]ncc1CNC(=O)c1cc(F)cnc1N. The summed E-state index contributed by atoms with van der Waals surface area (Å²) in [6.45, 7) is 2.13. The molecule has 0 aliphatic rings. The molecule has 2 aromatic rings. The van der Waals surface area contributed by atoms with Crippen LogP contribution in [0.15, 0.2) is 18.5 Å². The Bertz CT molecular complexity index is 581. The third-order valence-corrected chi connectivity index (χ3v) is 2.50. The summed E-state index contributed by atoms with van der Waals surface area (Å²) >= 11 is 0. The number of rotatable bonds is 3. The molecule has 6 nitrogen and oxygen atoms in total. The maximum Gasteiger partial charge on any atom is 0.255 e. The highest BCUT2D eigenvalue weighted by Crippen LogP contribution is 2.10. The number of amides is 1. The quantitative estimate of drug-likeness (QED) is 0.748. The van der Waals surface area contributed by atoms with Gasteiger partial charge in [0.15, 0.2) is 0 Å². The van der Waals surface area contributed by atoms with Crippen molar-refractivity contribution < 1.29 is 9.18 Å². The molecule has 0 aromatic carbocycles. The van der Waals surface area contributed by atoms with E-state index >= 15 is 0 Å². The minimum Gasteiger partial charge on any atom is -0.383 e. The molecule has 0 fully saturated rings. The monoisotopic (exact) mass is 249 g/mol.